The standard InChI is InChI=1S/C23H29NO4/c1-16-22(24)23(27-14-19-11-7-4-8-12-19)20(13-18-9-5-3-6-10-18)21(28-16)15-26-17(2)25/h3-12,16,20-23H,13-15,24H2,1-2H3/t16-,20-,21?,22?,23?/m1/s1. The first-order chi connectivity index (χ1) is 13.5. The van der Waals surface area contributed by atoms with Crippen LogP contribution in [0.15, 0.2) is 60.7 Å². The van der Waals surface area contributed by atoms with Crippen LogP contribution in [-0.4, -0.2) is 36.9 Å². The van der Waals surface area contributed by atoms with Crippen LogP contribution in [0.1, 0.15) is 25.0 Å². The van der Waals surface area contributed by atoms with Gasteiger partial charge in [-0.25, -0.2) is 0 Å². The Kier molecular flexibility index (Phi) is 7.20. The van der Waals surface area contributed by atoms with Gasteiger partial charge in [0.1, 0.15) is 6.61 Å². The van der Waals surface area contributed by atoms with Gasteiger partial charge in [-0.15, -0.1) is 0 Å². The SMILES string of the molecule is CC(=O)OCC1O[C@H](C)C(N)C(OCc2ccccc2)[C@@H]1Cc1ccccc1. The summed E-state index contributed by atoms with van der Waals surface area (Å²) < 4.78 is 17.7. The zero-order valence-electron chi connectivity index (χ0n) is 16.5. The van der Waals surface area contributed by atoms with E-state index in [2.05, 4.69) is 12.1 Å². The highest BCUT2D eigenvalue weighted by molar-refractivity contribution is 5.65. The molecule has 1 aliphatic heterocycles. The molecule has 2 aromatic rings. The first-order valence-electron chi connectivity index (χ1n) is 9.78. The molecule has 3 unspecified atom stereocenters. The fourth-order valence-electron chi connectivity index (χ4n) is 3.73. The minimum atomic E-state index is -0.314. The number of benzene rings is 2. The maximum absolute atomic E-state index is 11.4. The van der Waals surface area contributed by atoms with Crippen LogP contribution < -0.4 is 5.73 Å². The maximum atomic E-state index is 11.4. The molecule has 5 atom stereocenters. The minimum absolute atomic E-state index is 0.0170. The topological polar surface area (TPSA) is 70.8 Å². The Morgan fingerprint density at radius 3 is 2.25 bits per heavy atom. The Bertz CT molecular complexity index is 737. The second-order valence-corrected chi connectivity index (χ2v) is 7.37. The van der Waals surface area contributed by atoms with E-state index in [-0.39, 0.29) is 42.8 Å². The summed E-state index contributed by atoms with van der Waals surface area (Å²) in [5.74, 6) is -0.331. The first-order valence-corrected chi connectivity index (χ1v) is 9.78. The molecule has 5 heteroatoms. The van der Waals surface area contributed by atoms with Gasteiger partial charge in [0.15, 0.2) is 0 Å². The van der Waals surface area contributed by atoms with Gasteiger partial charge in [-0.05, 0) is 24.5 Å². The lowest BCUT2D eigenvalue weighted by Crippen LogP contribution is -2.59. The number of esters is 1. The third-order valence-corrected chi connectivity index (χ3v) is 5.26. The summed E-state index contributed by atoms with van der Waals surface area (Å²) in [6, 6.07) is 20.0. The third kappa shape index (κ3) is 5.41. The third-order valence-electron chi connectivity index (χ3n) is 5.26. The molecular formula is C23H29NO4. The average molecular weight is 383 g/mol. The predicted octanol–water partition coefficient (Wildman–Crippen LogP) is 3.11. The van der Waals surface area contributed by atoms with Crippen molar-refractivity contribution in [3.63, 3.8) is 0 Å². The van der Waals surface area contributed by atoms with Gasteiger partial charge in [-0.2, -0.15) is 0 Å². The molecule has 0 amide bonds. The van der Waals surface area contributed by atoms with Crippen LogP contribution >= 0.6 is 0 Å². The molecule has 1 aliphatic rings. The van der Waals surface area contributed by atoms with Crippen LogP contribution in [0.3, 0.4) is 0 Å². The lowest BCUT2D eigenvalue weighted by atomic mass is 9.81. The van der Waals surface area contributed by atoms with Gasteiger partial charge < -0.3 is 19.9 Å². The van der Waals surface area contributed by atoms with Gasteiger partial charge in [0, 0.05) is 12.8 Å². The van der Waals surface area contributed by atoms with Crippen molar-refractivity contribution in [3.05, 3.63) is 71.8 Å². The van der Waals surface area contributed by atoms with Crippen LogP contribution in [0, 0.1) is 5.92 Å². The highest BCUT2D eigenvalue weighted by atomic mass is 16.6. The molecule has 0 radical (unpaired) electrons. The molecule has 0 saturated carbocycles. The molecule has 2 N–H and O–H groups in total. The van der Waals surface area contributed by atoms with Crippen LogP contribution in [0.25, 0.3) is 0 Å². The molecule has 0 aliphatic carbocycles. The number of hydrogen-bond donors (Lipinski definition) is 1. The number of hydrogen-bond acceptors (Lipinski definition) is 5. The Morgan fingerprint density at radius 1 is 1.04 bits per heavy atom. The molecule has 150 valence electrons. The number of ether oxygens (including phenoxy) is 3. The van der Waals surface area contributed by atoms with E-state index in [0.29, 0.717) is 6.61 Å². The highest BCUT2D eigenvalue weighted by Gasteiger charge is 2.43. The normalized spacial score (nSPS) is 27.3. The summed E-state index contributed by atoms with van der Waals surface area (Å²) in [7, 11) is 0. The van der Waals surface area contributed by atoms with Crippen molar-refractivity contribution in [2.45, 2.75) is 51.2 Å². The monoisotopic (exact) mass is 383 g/mol. The lowest BCUT2D eigenvalue weighted by molar-refractivity contribution is -0.183. The molecule has 0 aromatic heterocycles. The maximum Gasteiger partial charge on any atom is 0.302 e. The van der Waals surface area contributed by atoms with E-state index in [1.54, 1.807) is 0 Å². The quantitative estimate of drug-likeness (QED) is 0.744. The van der Waals surface area contributed by atoms with E-state index in [9.17, 15) is 4.79 Å². The summed E-state index contributed by atoms with van der Waals surface area (Å²) >= 11 is 0. The van der Waals surface area contributed by atoms with Crippen molar-refractivity contribution in [1.29, 1.82) is 0 Å². The molecule has 1 fully saturated rings. The zero-order chi connectivity index (χ0) is 19.9. The van der Waals surface area contributed by atoms with Crippen molar-refractivity contribution in [1.82, 2.24) is 0 Å². The van der Waals surface area contributed by atoms with Gasteiger partial charge in [0.25, 0.3) is 0 Å². The molecule has 1 saturated heterocycles. The van der Waals surface area contributed by atoms with Gasteiger partial charge in [-0.1, -0.05) is 60.7 Å². The zero-order valence-corrected chi connectivity index (χ0v) is 16.5. The van der Waals surface area contributed by atoms with Crippen molar-refractivity contribution in [3.8, 4) is 0 Å². The van der Waals surface area contributed by atoms with Crippen molar-refractivity contribution in [2.24, 2.45) is 11.7 Å². The summed E-state index contributed by atoms with van der Waals surface area (Å²) in [6.45, 7) is 4.04. The summed E-state index contributed by atoms with van der Waals surface area (Å²) in [5.41, 5.74) is 8.77. The first kappa shape index (κ1) is 20.5. The van der Waals surface area contributed by atoms with Crippen LogP contribution in [0.2, 0.25) is 0 Å². The molecule has 2 aromatic carbocycles. The largest absolute Gasteiger partial charge is 0.463 e. The molecule has 28 heavy (non-hydrogen) atoms. The lowest BCUT2D eigenvalue weighted by Gasteiger charge is -2.44. The van der Waals surface area contributed by atoms with E-state index in [4.69, 9.17) is 19.9 Å². The van der Waals surface area contributed by atoms with Gasteiger partial charge in [0.2, 0.25) is 0 Å². The smallest absolute Gasteiger partial charge is 0.302 e. The fraction of sp³-hybridized carbons (Fsp3) is 0.435. The highest BCUT2D eigenvalue weighted by Crippen LogP contribution is 2.31. The molecule has 0 spiro atoms. The number of carbonyl (C=O) groups is 1. The molecule has 3 rings (SSSR count). The number of nitrogens with two attached hydrogens (primary N) is 1. The Labute approximate surface area is 166 Å². The number of carbonyl (C=O) groups excluding carboxylic acids is 1. The minimum Gasteiger partial charge on any atom is -0.463 e. The Balaban J connectivity index is 1.80. The van der Waals surface area contributed by atoms with E-state index in [1.165, 1.54) is 12.5 Å². The van der Waals surface area contributed by atoms with Gasteiger partial charge in [0.05, 0.1) is 31.0 Å². The van der Waals surface area contributed by atoms with E-state index < -0.39 is 0 Å². The second kappa shape index (κ2) is 9.82. The molecule has 1 heterocycles. The summed E-state index contributed by atoms with van der Waals surface area (Å²) in [5, 5.41) is 0. The van der Waals surface area contributed by atoms with Crippen LogP contribution in [0.5, 0.6) is 0 Å². The summed E-state index contributed by atoms with van der Waals surface area (Å²) in [6.07, 6.45) is 0.0878. The average Bonchev–Trinajstić information content (AvgIpc) is 2.70. The second-order valence-electron chi connectivity index (χ2n) is 7.37. The summed E-state index contributed by atoms with van der Waals surface area (Å²) in [4.78, 5) is 11.4. The molecule has 0 bridgehead atoms. The van der Waals surface area contributed by atoms with Crippen LogP contribution in [-0.2, 0) is 32.0 Å². The van der Waals surface area contributed by atoms with Gasteiger partial charge >= 0.3 is 5.97 Å². The molecule has 5 nitrogen and oxygen atoms in total. The van der Waals surface area contributed by atoms with Crippen molar-refractivity contribution in [2.75, 3.05) is 6.61 Å². The number of rotatable bonds is 7. The predicted molar refractivity (Wildman–Crippen MR) is 108 cm³/mol. The van der Waals surface area contributed by atoms with E-state index in [0.717, 1.165) is 12.0 Å². The molecular weight excluding hydrogens is 354 g/mol. The van der Waals surface area contributed by atoms with E-state index in [1.807, 2.05) is 55.5 Å². The van der Waals surface area contributed by atoms with Crippen molar-refractivity contribution >= 4 is 5.97 Å². The van der Waals surface area contributed by atoms with Crippen LogP contribution in [0.4, 0.5) is 0 Å². The fourth-order valence-corrected chi connectivity index (χ4v) is 3.73. The van der Waals surface area contributed by atoms with E-state index >= 15 is 0 Å². The Hall–Kier alpha value is -2.21. The van der Waals surface area contributed by atoms with Gasteiger partial charge in [-0.3, -0.25) is 4.79 Å². The van der Waals surface area contributed by atoms with Crippen molar-refractivity contribution < 1.29 is 19.0 Å². The Morgan fingerprint density at radius 2 is 1.64 bits per heavy atom.